The number of rotatable bonds is 3. The monoisotopic (exact) mass is 276 g/mol. The van der Waals surface area contributed by atoms with Gasteiger partial charge in [-0.15, -0.1) is 12.4 Å². The van der Waals surface area contributed by atoms with Crippen LogP contribution in [0.3, 0.4) is 0 Å². The first kappa shape index (κ1) is 16.1. The lowest BCUT2D eigenvalue weighted by molar-refractivity contribution is 0.362. The first-order valence-corrected chi connectivity index (χ1v) is 4.38. The number of hydrogen-bond acceptors (Lipinski definition) is 2. The molecule has 0 spiro atoms. The molecule has 0 fully saturated rings. The second-order valence-electron chi connectivity index (χ2n) is 3.17. The maximum atomic E-state index is 13.1. The Morgan fingerprint density at radius 1 is 0.824 bits per heavy atom. The van der Waals surface area contributed by atoms with Crippen molar-refractivity contribution in [2.75, 3.05) is 6.54 Å². The van der Waals surface area contributed by atoms with E-state index in [1.807, 2.05) is 0 Å². The standard InChI is InChI=1S/C9H9F5N2.ClH/c10-5-4(3(16)1-2-15)6(11)8(13)9(14)7(5)12;/h3H,1-2,15-16H2;1H/t3-;/m0./s1. The second kappa shape index (κ2) is 6.13. The molecule has 0 aromatic heterocycles. The summed E-state index contributed by atoms with van der Waals surface area (Å²) in [5.41, 5.74) is 9.34. The third kappa shape index (κ3) is 2.85. The smallest absolute Gasteiger partial charge is 0.200 e. The maximum Gasteiger partial charge on any atom is 0.200 e. The van der Waals surface area contributed by atoms with Crippen LogP contribution in [0.25, 0.3) is 0 Å². The van der Waals surface area contributed by atoms with Crippen molar-refractivity contribution >= 4 is 12.4 Å². The summed E-state index contributed by atoms with van der Waals surface area (Å²) in [5, 5.41) is 0. The highest BCUT2D eigenvalue weighted by molar-refractivity contribution is 5.85. The summed E-state index contributed by atoms with van der Waals surface area (Å²) >= 11 is 0. The van der Waals surface area contributed by atoms with Crippen molar-refractivity contribution in [1.82, 2.24) is 0 Å². The van der Waals surface area contributed by atoms with Gasteiger partial charge in [-0.3, -0.25) is 0 Å². The van der Waals surface area contributed by atoms with Crippen molar-refractivity contribution in [3.05, 3.63) is 34.6 Å². The number of nitrogens with two attached hydrogens (primary N) is 2. The molecule has 0 heterocycles. The van der Waals surface area contributed by atoms with Crippen LogP contribution in [0.15, 0.2) is 0 Å². The van der Waals surface area contributed by atoms with E-state index in [2.05, 4.69) is 0 Å². The predicted octanol–water partition coefficient (Wildman–Crippen LogP) is 2.15. The molecular formula is C9H10ClF5N2. The van der Waals surface area contributed by atoms with E-state index in [9.17, 15) is 22.0 Å². The van der Waals surface area contributed by atoms with Crippen molar-refractivity contribution in [2.45, 2.75) is 12.5 Å². The number of hydrogen-bond donors (Lipinski definition) is 2. The van der Waals surface area contributed by atoms with Crippen LogP contribution in [0.2, 0.25) is 0 Å². The van der Waals surface area contributed by atoms with Crippen LogP contribution < -0.4 is 11.5 Å². The molecule has 0 amide bonds. The lowest BCUT2D eigenvalue weighted by atomic mass is 10.0. The molecule has 1 rings (SSSR count). The van der Waals surface area contributed by atoms with E-state index in [-0.39, 0.29) is 25.4 Å². The SMILES string of the molecule is Cl.NCC[C@H](N)c1c(F)c(F)c(F)c(F)c1F. The lowest BCUT2D eigenvalue weighted by Crippen LogP contribution is -2.20. The van der Waals surface area contributed by atoms with E-state index < -0.39 is 40.7 Å². The first-order valence-electron chi connectivity index (χ1n) is 4.38. The molecule has 98 valence electrons. The summed E-state index contributed by atoms with van der Waals surface area (Å²) in [5.74, 6) is -10.0. The molecular weight excluding hydrogens is 267 g/mol. The van der Waals surface area contributed by atoms with Gasteiger partial charge in [-0.2, -0.15) is 0 Å². The van der Waals surface area contributed by atoms with Gasteiger partial charge in [-0.05, 0) is 13.0 Å². The van der Waals surface area contributed by atoms with E-state index in [1.54, 1.807) is 0 Å². The van der Waals surface area contributed by atoms with Crippen molar-refractivity contribution in [3.63, 3.8) is 0 Å². The van der Waals surface area contributed by atoms with Crippen molar-refractivity contribution < 1.29 is 22.0 Å². The predicted molar refractivity (Wildman–Crippen MR) is 54.1 cm³/mol. The highest BCUT2D eigenvalue weighted by Gasteiger charge is 2.28. The second-order valence-corrected chi connectivity index (χ2v) is 3.17. The maximum absolute atomic E-state index is 13.1. The molecule has 0 radical (unpaired) electrons. The first-order chi connectivity index (χ1) is 7.41. The lowest BCUT2D eigenvalue weighted by Gasteiger charge is -2.14. The van der Waals surface area contributed by atoms with Gasteiger partial charge < -0.3 is 11.5 Å². The fourth-order valence-electron chi connectivity index (χ4n) is 1.27. The van der Waals surface area contributed by atoms with E-state index in [0.29, 0.717) is 0 Å². The fourth-order valence-corrected chi connectivity index (χ4v) is 1.27. The van der Waals surface area contributed by atoms with Crippen LogP contribution >= 0.6 is 12.4 Å². The molecule has 17 heavy (non-hydrogen) atoms. The Morgan fingerprint density at radius 3 is 1.53 bits per heavy atom. The molecule has 4 N–H and O–H groups in total. The molecule has 0 aliphatic rings. The quantitative estimate of drug-likeness (QED) is 0.505. The summed E-state index contributed by atoms with van der Waals surface area (Å²) in [7, 11) is 0. The highest BCUT2D eigenvalue weighted by atomic mass is 35.5. The molecule has 0 unspecified atom stereocenters. The van der Waals surface area contributed by atoms with E-state index >= 15 is 0 Å². The molecule has 2 nitrogen and oxygen atoms in total. The molecule has 0 saturated carbocycles. The summed E-state index contributed by atoms with van der Waals surface area (Å²) in [6.45, 7) is -0.0271. The Labute approximate surface area is 100 Å². The Bertz CT molecular complexity index is 384. The van der Waals surface area contributed by atoms with Gasteiger partial charge >= 0.3 is 0 Å². The summed E-state index contributed by atoms with van der Waals surface area (Å²) in [6.07, 6.45) is -0.0850. The molecule has 1 aromatic rings. The van der Waals surface area contributed by atoms with Gasteiger partial charge in [0.25, 0.3) is 0 Å². The molecule has 0 aliphatic carbocycles. The Hall–Kier alpha value is -0.920. The zero-order valence-corrected chi connectivity index (χ0v) is 9.26. The molecule has 0 aliphatic heterocycles. The fraction of sp³-hybridized carbons (Fsp3) is 0.333. The van der Waals surface area contributed by atoms with Gasteiger partial charge in [0.05, 0.1) is 0 Å². The minimum atomic E-state index is -2.20. The van der Waals surface area contributed by atoms with Crippen molar-refractivity contribution in [3.8, 4) is 0 Å². The third-order valence-corrected chi connectivity index (χ3v) is 2.09. The van der Waals surface area contributed by atoms with Crippen molar-refractivity contribution in [1.29, 1.82) is 0 Å². The topological polar surface area (TPSA) is 52.0 Å². The minimum Gasteiger partial charge on any atom is -0.330 e. The molecule has 1 atom stereocenters. The zero-order chi connectivity index (χ0) is 12.5. The largest absolute Gasteiger partial charge is 0.330 e. The Morgan fingerprint density at radius 2 is 1.18 bits per heavy atom. The van der Waals surface area contributed by atoms with E-state index in [1.165, 1.54) is 0 Å². The Balaban J connectivity index is 0.00000256. The summed E-state index contributed by atoms with van der Waals surface area (Å²) in [4.78, 5) is 0. The van der Waals surface area contributed by atoms with Gasteiger partial charge in [-0.1, -0.05) is 0 Å². The van der Waals surface area contributed by atoms with Gasteiger partial charge in [0, 0.05) is 11.6 Å². The van der Waals surface area contributed by atoms with Gasteiger partial charge in [0.15, 0.2) is 23.3 Å². The summed E-state index contributed by atoms with van der Waals surface area (Å²) < 4.78 is 64.4. The van der Waals surface area contributed by atoms with E-state index in [4.69, 9.17) is 11.5 Å². The van der Waals surface area contributed by atoms with Gasteiger partial charge in [0.2, 0.25) is 5.82 Å². The number of halogens is 6. The van der Waals surface area contributed by atoms with Crippen molar-refractivity contribution in [2.24, 2.45) is 11.5 Å². The summed E-state index contributed by atoms with van der Waals surface area (Å²) in [6, 6.07) is -1.32. The molecule has 0 bridgehead atoms. The normalized spacial score (nSPS) is 12.2. The van der Waals surface area contributed by atoms with Crippen LogP contribution in [-0.4, -0.2) is 6.54 Å². The van der Waals surface area contributed by atoms with Crippen LogP contribution in [0.4, 0.5) is 22.0 Å². The average Bonchev–Trinajstić information content (AvgIpc) is 2.24. The minimum absolute atomic E-state index is 0. The van der Waals surface area contributed by atoms with Crippen LogP contribution in [0, 0.1) is 29.1 Å². The molecule has 8 heteroatoms. The molecule has 0 saturated heterocycles. The van der Waals surface area contributed by atoms with Crippen LogP contribution in [0.1, 0.15) is 18.0 Å². The molecule has 1 aromatic carbocycles. The van der Waals surface area contributed by atoms with Gasteiger partial charge in [-0.25, -0.2) is 22.0 Å². The Kier molecular flexibility index (Phi) is 5.80. The van der Waals surface area contributed by atoms with E-state index in [0.717, 1.165) is 0 Å². The number of benzene rings is 1. The van der Waals surface area contributed by atoms with Crippen LogP contribution in [-0.2, 0) is 0 Å². The van der Waals surface area contributed by atoms with Gasteiger partial charge in [0.1, 0.15) is 0 Å². The zero-order valence-electron chi connectivity index (χ0n) is 8.44. The highest BCUT2D eigenvalue weighted by Crippen LogP contribution is 2.27. The third-order valence-electron chi connectivity index (χ3n) is 2.09. The average molecular weight is 277 g/mol. The van der Waals surface area contributed by atoms with Crippen LogP contribution in [0.5, 0.6) is 0 Å².